The van der Waals surface area contributed by atoms with Gasteiger partial charge in [-0.2, -0.15) is 0 Å². The molecule has 0 radical (unpaired) electrons. The number of anilines is 1. The van der Waals surface area contributed by atoms with Crippen LogP contribution in [0.4, 0.5) is 5.13 Å². The van der Waals surface area contributed by atoms with Crippen molar-refractivity contribution in [2.45, 2.75) is 13.3 Å². The number of thiazole rings is 1. The first kappa shape index (κ1) is 17.1. The largest absolute Gasteiger partial charge is 0.395 e. The van der Waals surface area contributed by atoms with Crippen LogP contribution in [0, 0.1) is 0 Å². The van der Waals surface area contributed by atoms with E-state index in [-0.39, 0.29) is 24.8 Å². The number of carbonyl (C=O) groups is 2. The second-order valence-electron chi connectivity index (χ2n) is 4.84. The summed E-state index contributed by atoms with van der Waals surface area (Å²) in [6.45, 7) is 2.66. The van der Waals surface area contributed by atoms with Crippen LogP contribution in [0.3, 0.4) is 0 Å². The first-order valence-corrected chi connectivity index (χ1v) is 8.21. The molecule has 6 nitrogen and oxygen atoms in total. The standard InChI is InChI=1S/C16H19N3O3S/c1-2-19(8-9-20)14(21)10-13-11-23-16(17-13)18-15(22)12-6-4-3-5-7-12/h3-7,11,20H,2,8-10H2,1H3,(H,17,18,22). The van der Waals surface area contributed by atoms with Crippen LogP contribution in [-0.2, 0) is 11.2 Å². The summed E-state index contributed by atoms with van der Waals surface area (Å²) >= 11 is 1.28. The predicted molar refractivity (Wildman–Crippen MR) is 89.6 cm³/mol. The molecule has 0 saturated carbocycles. The molecule has 1 aromatic heterocycles. The first-order valence-electron chi connectivity index (χ1n) is 7.33. The minimum atomic E-state index is -0.228. The molecule has 7 heteroatoms. The van der Waals surface area contributed by atoms with Gasteiger partial charge in [0.1, 0.15) is 0 Å². The van der Waals surface area contributed by atoms with Crippen LogP contribution < -0.4 is 5.32 Å². The molecule has 0 bridgehead atoms. The zero-order chi connectivity index (χ0) is 16.7. The Morgan fingerprint density at radius 3 is 2.70 bits per heavy atom. The third-order valence-corrected chi connectivity index (χ3v) is 4.05. The summed E-state index contributed by atoms with van der Waals surface area (Å²) in [5.41, 5.74) is 1.17. The van der Waals surface area contributed by atoms with Crippen molar-refractivity contribution < 1.29 is 14.7 Å². The van der Waals surface area contributed by atoms with Crippen LogP contribution in [0.5, 0.6) is 0 Å². The average molecular weight is 333 g/mol. The zero-order valence-corrected chi connectivity index (χ0v) is 13.7. The van der Waals surface area contributed by atoms with Crippen molar-refractivity contribution in [1.29, 1.82) is 0 Å². The van der Waals surface area contributed by atoms with E-state index in [1.807, 2.05) is 13.0 Å². The molecular formula is C16H19N3O3S. The number of aromatic nitrogens is 1. The minimum absolute atomic E-state index is 0.0605. The van der Waals surface area contributed by atoms with E-state index in [2.05, 4.69) is 10.3 Å². The van der Waals surface area contributed by atoms with Crippen molar-refractivity contribution in [3.05, 3.63) is 47.0 Å². The molecule has 2 aromatic rings. The number of benzene rings is 1. The van der Waals surface area contributed by atoms with Crippen LogP contribution in [-0.4, -0.2) is 46.5 Å². The minimum Gasteiger partial charge on any atom is -0.395 e. The quantitative estimate of drug-likeness (QED) is 0.809. The molecule has 0 unspecified atom stereocenters. The van der Waals surface area contributed by atoms with Gasteiger partial charge in [-0.05, 0) is 19.1 Å². The van der Waals surface area contributed by atoms with Crippen molar-refractivity contribution in [1.82, 2.24) is 9.88 Å². The summed E-state index contributed by atoms with van der Waals surface area (Å²) in [5, 5.41) is 13.9. The molecule has 0 aliphatic heterocycles. The van der Waals surface area contributed by atoms with Gasteiger partial charge in [0, 0.05) is 24.0 Å². The lowest BCUT2D eigenvalue weighted by Gasteiger charge is -2.18. The smallest absolute Gasteiger partial charge is 0.257 e. The fourth-order valence-corrected chi connectivity index (χ4v) is 2.76. The molecular weight excluding hydrogens is 314 g/mol. The lowest BCUT2D eigenvalue weighted by molar-refractivity contribution is -0.130. The number of amides is 2. The number of nitrogens with zero attached hydrogens (tertiary/aromatic N) is 2. The molecule has 0 atom stereocenters. The third-order valence-electron chi connectivity index (χ3n) is 3.24. The summed E-state index contributed by atoms with van der Waals surface area (Å²) in [5.74, 6) is -0.318. The Morgan fingerprint density at radius 2 is 2.04 bits per heavy atom. The van der Waals surface area contributed by atoms with E-state index >= 15 is 0 Å². The van der Waals surface area contributed by atoms with Gasteiger partial charge in [-0.3, -0.25) is 14.9 Å². The maximum atomic E-state index is 12.1. The SMILES string of the molecule is CCN(CCO)C(=O)Cc1csc(NC(=O)c2ccccc2)n1. The molecule has 23 heavy (non-hydrogen) atoms. The van der Waals surface area contributed by atoms with Crippen LogP contribution in [0.2, 0.25) is 0 Å². The summed E-state index contributed by atoms with van der Waals surface area (Å²) in [4.78, 5) is 30.0. The topological polar surface area (TPSA) is 82.5 Å². The number of nitrogens with one attached hydrogen (secondary N) is 1. The fraction of sp³-hybridized carbons (Fsp3) is 0.312. The summed E-state index contributed by atoms with van der Waals surface area (Å²) in [6, 6.07) is 8.88. The highest BCUT2D eigenvalue weighted by Crippen LogP contribution is 2.17. The normalized spacial score (nSPS) is 10.3. The molecule has 122 valence electrons. The van der Waals surface area contributed by atoms with Crippen molar-refractivity contribution >= 4 is 28.3 Å². The predicted octanol–water partition coefficient (Wildman–Crippen LogP) is 1.78. The molecule has 1 heterocycles. The van der Waals surface area contributed by atoms with E-state index in [1.54, 1.807) is 34.5 Å². The monoisotopic (exact) mass is 333 g/mol. The van der Waals surface area contributed by atoms with Gasteiger partial charge in [0.2, 0.25) is 5.91 Å². The number of hydrogen-bond acceptors (Lipinski definition) is 5. The van der Waals surface area contributed by atoms with E-state index in [9.17, 15) is 9.59 Å². The Kier molecular flexibility index (Phi) is 6.25. The lowest BCUT2D eigenvalue weighted by atomic mass is 10.2. The zero-order valence-electron chi connectivity index (χ0n) is 12.9. The average Bonchev–Trinajstić information content (AvgIpc) is 3.00. The van der Waals surface area contributed by atoms with Gasteiger partial charge in [0.25, 0.3) is 5.91 Å². The van der Waals surface area contributed by atoms with Gasteiger partial charge in [-0.25, -0.2) is 4.98 Å². The van der Waals surface area contributed by atoms with Crippen molar-refractivity contribution in [3.63, 3.8) is 0 Å². The molecule has 0 spiro atoms. The lowest BCUT2D eigenvalue weighted by Crippen LogP contribution is -2.34. The van der Waals surface area contributed by atoms with Crippen molar-refractivity contribution in [2.75, 3.05) is 25.0 Å². The highest BCUT2D eigenvalue weighted by atomic mass is 32.1. The summed E-state index contributed by atoms with van der Waals surface area (Å²) in [7, 11) is 0. The Hall–Kier alpha value is -2.25. The van der Waals surface area contributed by atoms with Gasteiger partial charge < -0.3 is 10.0 Å². The van der Waals surface area contributed by atoms with E-state index in [0.29, 0.717) is 29.5 Å². The van der Waals surface area contributed by atoms with E-state index in [1.165, 1.54) is 11.3 Å². The van der Waals surface area contributed by atoms with E-state index < -0.39 is 0 Å². The van der Waals surface area contributed by atoms with E-state index in [4.69, 9.17) is 5.11 Å². The number of hydrogen-bond donors (Lipinski definition) is 2. The maximum absolute atomic E-state index is 12.1. The van der Waals surface area contributed by atoms with Gasteiger partial charge in [0.15, 0.2) is 5.13 Å². The van der Waals surface area contributed by atoms with Gasteiger partial charge >= 0.3 is 0 Å². The first-order chi connectivity index (χ1) is 11.1. The third kappa shape index (κ3) is 4.87. The second kappa shape index (κ2) is 8.40. The summed E-state index contributed by atoms with van der Waals surface area (Å²) < 4.78 is 0. The van der Waals surface area contributed by atoms with Crippen LogP contribution in [0.1, 0.15) is 23.0 Å². The van der Waals surface area contributed by atoms with Crippen LogP contribution in [0.25, 0.3) is 0 Å². The number of likely N-dealkylation sites (N-methyl/N-ethyl adjacent to an activating group) is 1. The molecule has 1 aromatic carbocycles. The molecule has 0 aliphatic rings. The van der Waals surface area contributed by atoms with Crippen LogP contribution >= 0.6 is 11.3 Å². The molecule has 2 N–H and O–H groups in total. The molecule has 0 saturated heterocycles. The van der Waals surface area contributed by atoms with E-state index in [0.717, 1.165) is 0 Å². The molecule has 2 amide bonds. The Bertz CT molecular complexity index is 658. The maximum Gasteiger partial charge on any atom is 0.257 e. The van der Waals surface area contributed by atoms with Crippen LogP contribution in [0.15, 0.2) is 35.7 Å². The second-order valence-corrected chi connectivity index (χ2v) is 5.70. The fourth-order valence-electron chi connectivity index (χ4n) is 2.05. The van der Waals surface area contributed by atoms with Crippen molar-refractivity contribution in [3.8, 4) is 0 Å². The van der Waals surface area contributed by atoms with Gasteiger partial charge in [-0.15, -0.1) is 11.3 Å². The summed E-state index contributed by atoms with van der Waals surface area (Å²) in [6.07, 6.45) is 0.158. The van der Waals surface area contributed by atoms with Gasteiger partial charge in [-0.1, -0.05) is 18.2 Å². The number of aliphatic hydroxyl groups is 1. The number of carbonyl (C=O) groups excluding carboxylic acids is 2. The molecule has 0 fully saturated rings. The Balaban J connectivity index is 1.95. The van der Waals surface area contributed by atoms with Gasteiger partial charge in [0.05, 0.1) is 18.7 Å². The Labute approximate surface area is 138 Å². The molecule has 0 aliphatic carbocycles. The molecule has 2 rings (SSSR count). The highest BCUT2D eigenvalue weighted by Gasteiger charge is 2.14. The number of aliphatic hydroxyl groups excluding tert-OH is 1. The Morgan fingerprint density at radius 1 is 1.30 bits per heavy atom. The van der Waals surface area contributed by atoms with Crippen molar-refractivity contribution in [2.24, 2.45) is 0 Å². The highest BCUT2D eigenvalue weighted by molar-refractivity contribution is 7.14. The number of rotatable bonds is 7.